The summed E-state index contributed by atoms with van der Waals surface area (Å²) in [7, 11) is 0. The van der Waals surface area contributed by atoms with Gasteiger partial charge < -0.3 is 0 Å². The zero-order chi connectivity index (χ0) is 11.0. The molecule has 0 aliphatic heterocycles. The normalized spacial score (nSPS) is 10.4. The predicted molar refractivity (Wildman–Crippen MR) is 37.9 cm³/mol. The SMILES string of the molecule is O=[N+]([O-])c1c(F)c(F)c(F)c(F)c1Cl. The molecular formula is C6ClF4NO2. The number of hydrogen-bond donors (Lipinski definition) is 0. The van der Waals surface area contributed by atoms with Crippen molar-refractivity contribution in [3.05, 3.63) is 38.4 Å². The van der Waals surface area contributed by atoms with Crippen molar-refractivity contribution in [3.63, 3.8) is 0 Å². The maximum absolute atomic E-state index is 12.6. The summed E-state index contributed by atoms with van der Waals surface area (Å²) < 4.78 is 50.1. The smallest absolute Gasteiger partial charge is 0.258 e. The molecule has 76 valence electrons. The van der Waals surface area contributed by atoms with Crippen LogP contribution >= 0.6 is 11.6 Å². The molecule has 0 saturated heterocycles. The van der Waals surface area contributed by atoms with Crippen LogP contribution in [0.1, 0.15) is 0 Å². The second-order valence-electron chi connectivity index (χ2n) is 2.18. The van der Waals surface area contributed by atoms with Gasteiger partial charge in [0, 0.05) is 0 Å². The minimum absolute atomic E-state index is 1.40. The van der Waals surface area contributed by atoms with Crippen LogP contribution in [0.15, 0.2) is 0 Å². The van der Waals surface area contributed by atoms with Crippen molar-refractivity contribution in [3.8, 4) is 0 Å². The molecule has 0 aliphatic rings. The van der Waals surface area contributed by atoms with E-state index < -0.39 is 38.9 Å². The molecule has 0 radical (unpaired) electrons. The van der Waals surface area contributed by atoms with Crippen LogP contribution < -0.4 is 0 Å². The van der Waals surface area contributed by atoms with E-state index in [-0.39, 0.29) is 0 Å². The third-order valence-electron chi connectivity index (χ3n) is 1.37. The van der Waals surface area contributed by atoms with E-state index >= 15 is 0 Å². The van der Waals surface area contributed by atoms with Crippen LogP contribution in [0.25, 0.3) is 0 Å². The van der Waals surface area contributed by atoms with E-state index in [0.717, 1.165) is 0 Å². The standard InChI is InChI=1S/C6ClF4NO2/c7-1-2(8)3(9)4(10)5(11)6(1)12(13)14. The third kappa shape index (κ3) is 1.39. The van der Waals surface area contributed by atoms with E-state index in [9.17, 15) is 27.7 Å². The fourth-order valence-corrected chi connectivity index (χ4v) is 0.989. The highest BCUT2D eigenvalue weighted by molar-refractivity contribution is 6.32. The van der Waals surface area contributed by atoms with Gasteiger partial charge in [-0.2, -0.15) is 4.39 Å². The van der Waals surface area contributed by atoms with Crippen molar-refractivity contribution in [2.24, 2.45) is 0 Å². The first-order chi connectivity index (χ1) is 6.37. The molecule has 0 aliphatic carbocycles. The summed E-state index contributed by atoms with van der Waals surface area (Å²) in [4.78, 5) is 8.64. The predicted octanol–water partition coefficient (Wildman–Crippen LogP) is 2.80. The highest BCUT2D eigenvalue weighted by atomic mass is 35.5. The Kier molecular flexibility index (Phi) is 2.61. The molecule has 0 amide bonds. The van der Waals surface area contributed by atoms with Gasteiger partial charge in [-0.25, -0.2) is 13.2 Å². The van der Waals surface area contributed by atoms with Gasteiger partial charge in [0.15, 0.2) is 16.7 Å². The monoisotopic (exact) mass is 229 g/mol. The van der Waals surface area contributed by atoms with Gasteiger partial charge in [-0.3, -0.25) is 10.1 Å². The Labute approximate surface area is 79.0 Å². The summed E-state index contributed by atoms with van der Waals surface area (Å²) >= 11 is 4.91. The number of nitrogens with zero attached hydrogens (tertiary/aromatic N) is 1. The van der Waals surface area contributed by atoms with Crippen LogP contribution in [0.4, 0.5) is 23.2 Å². The zero-order valence-electron chi connectivity index (χ0n) is 6.15. The van der Waals surface area contributed by atoms with Gasteiger partial charge in [-0.15, -0.1) is 0 Å². The summed E-state index contributed by atoms with van der Waals surface area (Å²) in [6, 6.07) is 0. The first-order valence-electron chi connectivity index (χ1n) is 3.03. The van der Waals surface area contributed by atoms with Gasteiger partial charge in [0.2, 0.25) is 11.6 Å². The van der Waals surface area contributed by atoms with Crippen molar-refractivity contribution < 1.29 is 22.5 Å². The maximum atomic E-state index is 12.6. The summed E-state index contributed by atoms with van der Waals surface area (Å²) in [5.74, 6) is -8.56. The van der Waals surface area contributed by atoms with E-state index in [1.807, 2.05) is 0 Å². The van der Waals surface area contributed by atoms with Crippen LogP contribution in [0, 0.1) is 33.4 Å². The van der Waals surface area contributed by atoms with Crippen molar-refractivity contribution >= 4 is 17.3 Å². The van der Waals surface area contributed by atoms with E-state index in [2.05, 4.69) is 0 Å². The molecule has 3 nitrogen and oxygen atoms in total. The van der Waals surface area contributed by atoms with Crippen molar-refractivity contribution in [2.45, 2.75) is 0 Å². The second-order valence-corrected chi connectivity index (χ2v) is 2.55. The molecule has 1 rings (SSSR count). The molecule has 0 unspecified atom stereocenters. The highest BCUT2D eigenvalue weighted by Crippen LogP contribution is 2.33. The lowest BCUT2D eigenvalue weighted by molar-refractivity contribution is -0.387. The van der Waals surface area contributed by atoms with Crippen LogP contribution in [0.3, 0.4) is 0 Å². The van der Waals surface area contributed by atoms with Crippen molar-refractivity contribution in [1.82, 2.24) is 0 Å². The minimum atomic E-state index is -2.27. The van der Waals surface area contributed by atoms with Crippen molar-refractivity contribution in [1.29, 1.82) is 0 Å². The Morgan fingerprint density at radius 3 is 1.86 bits per heavy atom. The number of benzene rings is 1. The maximum Gasteiger partial charge on any atom is 0.329 e. The number of nitro benzene ring substituents is 1. The molecule has 0 bridgehead atoms. The first-order valence-corrected chi connectivity index (χ1v) is 3.41. The lowest BCUT2D eigenvalue weighted by Crippen LogP contribution is -2.03. The van der Waals surface area contributed by atoms with Gasteiger partial charge in [-0.1, -0.05) is 11.6 Å². The summed E-state index contributed by atoms with van der Waals surface area (Å²) in [6.07, 6.45) is 0. The zero-order valence-corrected chi connectivity index (χ0v) is 6.91. The summed E-state index contributed by atoms with van der Waals surface area (Å²) in [6.45, 7) is 0. The molecule has 0 aromatic heterocycles. The third-order valence-corrected chi connectivity index (χ3v) is 1.71. The number of nitro groups is 1. The fraction of sp³-hybridized carbons (Fsp3) is 0. The van der Waals surface area contributed by atoms with Crippen LogP contribution in [0.2, 0.25) is 5.02 Å². The molecule has 1 aromatic carbocycles. The molecule has 0 N–H and O–H groups in total. The quantitative estimate of drug-likeness (QED) is 0.244. The van der Waals surface area contributed by atoms with Crippen LogP contribution in [0.5, 0.6) is 0 Å². The fourth-order valence-electron chi connectivity index (χ4n) is 0.754. The van der Waals surface area contributed by atoms with E-state index in [1.165, 1.54) is 0 Å². The second kappa shape index (κ2) is 3.41. The molecular weight excluding hydrogens is 230 g/mol. The van der Waals surface area contributed by atoms with Gasteiger partial charge in [0.1, 0.15) is 0 Å². The molecule has 0 fully saturated rings. The van der Waals surface area contributed by atoms with E-state index in [4.69, 9.17) is 11.6 Å². The molecule has 14 heavy (non-hydrogen) atoms. The van der Waals surface area contributed by atoms with Crippen molar-refractivity contribution in [2.75, 3.05) is 0 Å². The Morgan fingerprint density at radius 2 is 1.43 bits per heavy atom. The summed E-state index contributed by atoms with van der Waals surface area (Å²) in [5.41, 5.74) is -1.62. The Balaban J connectivity index is 3.68. The number of halogens is 5. The summed E-state index contributed by atoms with van der Waals surface area (Å²) in [5, 5.41) is 8.69. The van der Waals surface area contributed by atoms with Gasteiger partial charge in [0.05, 0.1) is 4.92 Å². The number of hydrogen-bond acceptors (Lipinski definition) is 2. The average molecular weight is 230 g/mol. The molecule has 0 heterocycles. The average Bonchev–Trinajstić information content (AvgIpc) is 2.11. The lowest BCUT2D eigenvalue weighted by Gasteiger charge is -2.01. The van der Waals surface area contributed by atoms with Crippen LogP contribution in [-0.2, 0) is 0 Å². The molecule has 8 heteroatoms. The lowest BCUT2D eigenvalue weighted by atomic mass is 10.2. The minimum Gasteiger partial charge on any atom is -0.258 e. The van der Waals surface area contributed by atoms with E-state index in [1.54, 1.807) is 0 Å². The van der Waals surface area contributed by atoms with Crippen LogP contribution in [-0.4, -0.2) is 4.92 Å². The Bertz CT molecular complexity index is 394. The van der Waals surface area contributed by atoms with Gasteiger partial charge in [0.25, 0.3) is 0 Å². The largest absolute Gasteiger partial charge is 0.329 e. The molecule has 1 aromatic rings. The first kappa shape index (κ1) is 10.7. The topological polar surface area (TPSA) is 43.1 Å². The molecule has 0 spiro atoms. The Hall–Kier alpha value is -1.37. The van der Waals surface area contributed by atoms with E-state index in [0.29, 0.717) is 0 Å². The number of rotatable bonds is 1. The van der Waals surface area contributed by atoms with Gasteiger partial charge >= 0.3 is 5.69 Å². The highest BCUT2D eigenvalue weighted by Gasteiger charge is 2.31. The molecule has 0 atom stereocenters. The Morgan fingerprint density at radius 1 is 1.00 bits per heavy atom. The van der Waals surface area contributed by atoms with Gasteiger partial charge in [-0.05, 0) is 0 Å². The molecule has 0 saturated carbocycles.